The van der Waals surface area contributed by atoms with Gasteiger partial charge in [0.2, 0.25) is 0 Å². The lowest BCUT2D eigenvalue weighted by Gasteiger charge is -2.10. The highest BCUT2D eigenvalue weighted by Crippen LogP contribution is 2.22. The Morgan fingerprint density at radius 2 is 2.33 bits per heavy atom. The van der Waals surface area contributed by atoms with Crippen LogP contribution in [0.2, 0.25) is 0 Å². The first-order valence-electron chi connectivity index (χ1n) is 5.50. The maximum Gasteiger partial charge on any atom is 0.0347 e. The lowest BCUT2D eigenvalue weighted by Crippen LogP contribution is -2.09. The minimum Gasteiger partial charge on any atom is -0.399 e. The molecule has 0 bridgehead atoms. The van der Waals surface area contributed by atoms with Crippen LogP contribution < -0.4 is 11.1 Å². The molecule has 1 heterocycles. The Morgan fingerprint density at radius 3 is 3.07 bits per heavy atom. The summed E-state index contributed by atoms with van der Waals surface area (Å²) in [4.78, 5) is 0. The number of benzene rings is 1. The maximum absolute atomic E-state index is 5.94. The number of halogens is 1. The Labute approximate surface area is 99.4 Å². The first-order chi connectivity index (χ1) is 7.25. The Balaban J connectivity index is 1.94. The van der Waals surface area contributed by atoms with Gasteiger partial charge in [0.25, 0.3) is 0 Å². The molecule has 15 heavy (non-hydrogen) atoms. The van der Waals surface area contributed by atoms with Crippen molar-refractivity contribution < 1.29 is 0 Å². The zero-order valence-corrected chi connectivity index (χ0v) is 10.4. The van der Waals surface area contributed by atoms with Crippen LogP contribution in [0.1, 0.15) is 18.4 Å². The van der Waals surface area contributed by atoms with Crippen LogP contribution in [0.15, 0.2) is 22.7 Å². The molecule has 82 valence electrons. The molecule has 0 aromatic heterocycles. The van der Waals surface area contributed by atoms with Gasteiger partial charge in [-0.15, -0.1) is 0 Å². The molecule has 1 aromatic rings. The molecule has 1 atom stereocenters. The number of hydrogen-bond donors (Lipinski definition) is 2. The van der Waals surface area contributed by atoms with Crippen molar-refractivity contribution in [3.63, 3.8) is 0 Å². The van der Waals surface area contributed by atoms with E-state index in [-0.39, 0.29) is 0 Å². The number of aryl methyl sites for hydroxylation is 1. The van der Waals surface area contributed by atoms with Gasteiger partial charge in [-0.1, -0.05) is 15.9 Å². The van der Waals surface area contributed by atoms with Gasteiger partial charge in [-0.05, 0) is 62.0 Å². The van der Waals surface area contributed by atoms with Gasteiger partial charge in [0, 0.05) is 10.2 Å². The number of rotatable bonds is 3. The van der Waals surface area contributed by atoms with Crippen molar-refractivity contribution in [2.75, 3.05) is 18.8 Å². The van der Waals surface area contributed by atoms with E-state index in [0.29, 0.717) is 0 Å². The third kappa shape index (κ3) is 2.95. The molecule has 2 nitrogen and oxygen atoms in total. The van der Waals surface area contributed by atoms with Gasteiger partial charge in [0.15, 0.2) is 0 Å². The van der Waals surface area contributed by atoms with Crippen LogP contribution in [0, 0.1) is 5.92 Å². The second kappa shape index (κ2) is 4.99. The Hall–Kier alpha value is -0.540. The summed E-state index contributed by atoms with van der Waals surface area (Å²) in [6, 6.07) is 6.11. The highest BCUT2D eigenvalue weighted by atomic mass is 79.9. The van der Waals surface area contributed by atoms with Crippen molar-refractivity contribution in [3.05, 3.63) is 28.2 Å². The number of nitrogens with two attached hydrogens (primary N) is 1. The maximum atomic E-state index is 5.94. The second-order valence-corrected chi connectivity index (χ2v) is 5.16. The summed E-state index contributed by atoms with van der Waals surface area (Å²) in [5, 5.41) is 3.39. The molecule has 1 unspecified atom stereocenters. The molecule has 2 rings (SSSR count). The fourth-order valence-corrected chi connectivity index (χ4v) is 2.52. The van der Waals surface area contributed by atoms with Gasteiger partial charge in [-0.2, -0.15) is 0 Å². The number of nitrogen functional groups attached to an aromatic ring is 1. The molecule has 0 spiro atoms. The predicted molar refractivity (Wildman–Crippen MR) is 67.9 cm³/mol. The second-order valence-electron chi connectivity index (χ2n) is 4.24. The van der Waals surface area contributed by atoms with E-state index in [2.05, 4.69) is 27.3 Å². The van der Waals surface area contributed by atoms with E-state index in [1.807, 2.05) is 12.1 Å². The standard InChI is InChI=1S/C12H17BrN2/c13-11-3-4-12(14)10(7-11)2-1-9-5-6-15-8-9/h3-4,7,9,15H,1-2,5-6,8,14H2. The van der Waals surface area contributed by atoms with Crippen molar-refractivity contribution in [3.8, 4) is 0 Å². The first kappa shape index (κ1) is 11.0. The smallest absolute Gasteiger partial charge is 0.0347 e. The average molecular weight is 269 g/mol. The number of nitrogens with one attached hydrogen (secondary N) is 1. The molecule has 1 aromatic carbocycles. The summed E-state index contributed by atoms with van der Waals surface area (Å²) in [7, 11) is 0. The summed E-state index contributed by atoms with van der Waals surface area (Å²) in [6.45, 7) is 2.35. The highest BCUT2D eigenvalue weighted by Gasteiger charge is 2.14. The lowest BCUT2D eigenvalue weighted by atomic mass is 9.98. The van der Waals surface area contributed by atoms with Gasteiger partial charge in [0.1, 0.15) is 0 Å². The Kier molecular flexibility index (Phi) is 3.65. The van der Waals surface area contributed by atoms with Crippen molar-refractivity contribution >= 4 is 21.6 Å². The van der Waals surface area contributed by atoms with Crippen LogP contribution in [-0.4, -0.2) is 13.1 Å². The molecule has 0 amide bonds. The van der Waals surface area contributed by atoms with E-state index in [1.165, 1.54) is 31.5 Å². The topological polar surface area (TPSA) is 38.0 Å². The molecule has 1 saturated heterocycles. The summed E-state index contributed by atoms with van der Waals surface area (Å²) >= 11 is 3.48. The number of anilines is 1. The fraction of sp³-hybridized carbons (Fsp3) is 0.500. The normalized spacial score (nSPS) is 20.7. The Bertz CT molecular complexity index is 332. The largest absolute Gasteiger partial charge is 0.399 e. The number of hydrogen-bond acceptors (Lipinski definition) is 2. The average Bonchev–Trinajstić information content (AvgIpc) is 2.72. The van der Waals surface area contributed by atoms with Crippen molar-refractivity contribution in [2.45, 2.75) is 19.3 Å². The van der Waals surface area contributed by atoms with Crippen LogP contribution in [-0.2, 0) is 6.42 Å². The Morgan fingerprint density at radius 1 is 1.47 bits per heavy atom. The van der Waals surface area contributed by atoms with Gasteiger partial charge < -0.3 is 11.1 Å². The van der Waals surface area contributed by atoms with Crippen LogP contribution >= 0.6 is 15.9 Å². The molecule has 1 aliphatic heterocycles. The quantitative estimate of drug-likeness (QED) is 0.828. The summed E-state index contributed by atoms with van der Waals surface area (Å²) < 4.78 is 1.12. The first-order valence-corrected chi connectivity index (χ1v) is 6.29. The van der Waals surface area contributed by atoms with E-state index in [0.717, 1.165) is 22.5 Å². The highest BCUT2D eigenvalue weighted by molar-refractivity contribution is 9.10. The van der Waals surface area contributed by atoms with Gasteiger partial charge in [0.05, 0.1) is 0 Å². The van der Waals surface area contributed by atoms with E-state index in [9.17, 15) is 0 Å². The van der Waals surface area contributed by atoms with Crippen LogP contribution in [0.25, 0.3) is 0 Å². The zero-order chi connectivity index (χ0) is 10.7. The van der Waals surface area contributed by atoms with E-state index in [1.54, 1.807) is 0 Å². The minimum atomic E-state index is 0.836. The van der Waals surface area contributed by atoms with Crippen LogP contribution in [0.3, 0.4) is 0 Å². The molecule has 1 fully saturated rings. The van der Waals surface area contributed by atoms with Gasteiger partial charge >= 0.3 is 0 Å². The monoisotopic (exact) mass is 268 g/mol. The third-order valence-electron chi connectivity index (χ3n) is 3.09. The zero-order valence-electron chi connectivity index (χ0n) is 8.80. The van der Waals surface area contributed by atoms with Crippen molar-refractivity contribution in [2.24, 2.45) is 5.92 Å². The van der Waals surface area contributed by atoms with E-state index < -0.39 is 0 Å². The van der Waals surface area contributed by atoms with E-state index >= 15 is 0 Å². The van der Waals surface area contributed by atoms with Crippen molar-refractivity contribution in [1.29, 1.82) is 0 Å². The summed E-state index contributed by atoms with van der Waals surface area (Å²) in [5.41, 5.74) is 8.13. The molecule has 0 saturated carbocycles. The molecule has 1 aliphatic rings. The molecular formula is C12H17BrN2. The molecular weight excluding hydrogens is 252 g/mol. The van der Waals surface area contributed by atoms with Crippen LogP contribution in [0.5, 0.6) is 0 Å². The molecule has 3 heteroatoms. The molecule has 0 aliphatic carbocycles. The SMILES string of the molecule is Nc1ccc(Br)cc1CCC1CCNC1. The fourth-order valence-electron chi connectivity index (χ4n) is 2.11. The van der Waals surface area contributed by atoms with Gasteiger partial charge in [-0.25, -0.2) is 0 Å². The minimum absolute atomic E-state index is 0.836. The summed E-state index contributed by atoms with van der Waals surface area (Å²) in [6.07, 6.45) is 3.65. The molecule has 3 N–H and O–H groups in total. The van der Waals surface area contributed by atoms with Gasteiger partial charge in [-0.3, -0.25) is 0 Å². The predicted octanol–water partition coefficient (Wildman–Crippen LogP) is 2.57. The van der Waals surface area contributed by atoms with E-state index in [4.69, 9.17) is 5.73 Å². The summed E-state index contributed by atoms with van der Waals surface area (Å²) in [5.74, 6) is 0.836. The molecule has 0 radical (unpaired) electrons. The van der Waals surface area contributed by atoms with Crippen molar-refractivity contribution in [1.82, 2.24) is 5.32 Å². The third-order valence-corrected chi connectivity index (χ3v) is 3.58. The lowest BCUT2D eigenvalue weighted by molar-refractivity contribution is 0.533. The van der Waals surface area contributed by atoms with Crippen LogP contribution in [0.4, 0.5) is 5.69 Å².